The molecule has 0 spiro atoms. The van der Waals surface area contributed by atoms with Crippen molar-refractivity contribution in [1.82, 2.24) is 0 Å². The summed E-state index contributed by atoms with van der Waals surface area (Å²) < 4.78 is 34.2. The summed E-state index contributed by atoms with van der Waals surface area (Å²) in [5.41, 5.74) is -0.156. The largest absolute Gasteiger partial charge is 0.466 e. The molecule has 0 aromatic heterocycles. The molecule has 1 aliphatic heterocycles. The Morgan fingerprint density at radius 2 is 1.92 bits per heavy atom. The zero-order valence-corrected chi connectivity index (χ0v) is 8.56. The van der Waals surface area contributed by atoms with Gasteiger partial charge in [-0.2, -0.15) is 4.21 Å². The second-order valence-electron chi connectivity index (χ2n) is 3.34. The number of hydrogen-bond donors (Lipinski definition) is 0. The fourth-order valence-corrected chi connectivity index (χ4v) is 2.48. The average molecular weight is 211 g/mol. The third kappa shape index (κ3) is 2.48. The van der Waals surface area contributed by atoms with Gasteiger partial charge in [-0.15, -0.1) is 0 Å². The predicted octanol–water partition coefficient (Wildman–Crippen LogP) is 1.56. The van der Waals surface area contributed by atoms with E-state index in [-0.39, 0.29) is 16.9 Å². The quantitative estimate of drug-likeness (QED) is 0.617. The van der Waals surface area contributed by atoms with Crippen LogP contribution in [0, 0.1) is 5.41 Å². The van der Waals surface area contributed by atoms with Gasteiger partial charge in [-0.25, -0.2) is 4.57 Å². The lowest BCUT2D eigenvalue weighted by atomic mass is 9.97. The van der Waals surface area contributed by atoms with Crippen molar-refractivity contribution in [3.8, 4) is 0 Å². The molecule has 1 aliphatic rings. The lowest BCUT2D eigenvalue weighted by Crippen LogP contribution is -2.28. The number of nitrogens with zero attached hydrogens (tertiary/aromatic N) is 1. The van der Waals surface area contributed by atoms with Crippen LogP contribution in [0.25, 0.3) is 0 Å². The molecule has 0 N–H and O–H groups in total. The minimum absolute atomic E-state index is 0.131. The maximum atomic E-state index is 11.3. The third-order valence-corrected chi connectivity index (χ3v) is 3.35. The Hall–Kier alpha value is -0.0300. The molecule has 12 heavy (non-hydrogen) atoms. The van der Waals surface area contributed by atoms with Crippen LogP contribution in [-0.2, 0) is 25.1 Å². The first-order valence-electron chi connectivity index (χ1n) is 3.38. The van der Waals surface area contributed by atoms with Crippen LogP contribution in [0.5, 0.6) is 0 Å². The van der Waals surface area contributed by atoms with E-state index in [9.17, 15) is 8.77 Å². The summed E-state index contributed by atoms with van der Waals surface area (Å²) in [6.45, 7) is 4.43. The van der Waals surface area contributed by atoms with Gasteiger partial charge in [-0.1, -0.05) is 18.0 Å². The maximum absolute atomic E-state index is 11.3. The number of rotatable bonds is 1. The Labute approximate surface area is 74.3 Å². The SMILES string of the molecule is CC1(C)COP(=O)(N=S=O)OC1. The van der Waals surface area contributed by atoms with E-state index in [4.69, 9.17) is 9.05 Å². The highest BCUT2D eigenvalue weighted by Crippen LogP contribution is 2.54. The highest BCUT2D eigenvalue weighted by molar-refractivity contribution is 7.65. The van der Waals surface area contributed by atoms with Gasteiger partial charge in [0.1, 0.15) is 0 Å². The van der Waals surface area contributed by atoms with E-state index in [1.807, 2.05) is 13.8 Å². The smallest absolute Gasteiger partial charge is 0.290 e. The van der Waals surface area contributed by atoms with Crippen molar-refractivity contribution in [3.63, 3.8) is 0 Å². The standard InChI is InChI=1S/C5H10NO4PS/c1-5(2)3-9-11(7,6-12-8)10-4-5/h3-4H2,1-2H3. The molecule has 0 atom stereocenters. The van der Waals surface area contributed by atoms with E-state index in [0.717, 1.165) is 0 Å². The van der Waals surface area contributed by atoms with Gasteiger partial charge < -0.3 is 0 Å². The van der Waals surface area contributed by atoms with Gasteiger partial charge >= 0.3 is 7.75 Å². The molecule has 0 aromatic carbocycles. The lowest BCUT2D eigenvalue weighted by molar-refractivity contribution is 0.0420. The van der Waals surface area contributed by atoms with Crippen molar-refractivity contribution < 1.29 is 17.8 Å². The molecule has 0 aliphatic carbocycles. The molecule has 1 heterocycles. The molecule has 0 aromatic rings. The van der Waals surface area contributed by atoms with E-state index >= 15 is 0 Å². The fourth-order valence-electron chi connectivity index (χ4n) is 0.680. The molecular weight excluding hydrogens is 201 g/mol. The van der Waals surface area contributed by atoms with Crippen LogP contribution in [-0.4, -0.2) is 17.4 Å². The summed E-state index contributed by atoms with van der Waals surface area (Å²) >= 11 is -0.131. The first kappa shape index (κ1) is 10.1. The molecule has 1 rings (SSSR count). The minimum Gasteiger partial charge on any atom is -0.290 e. The normalized spacial score (nSPS) is 26.2. The van der Waals surface area contributed by atoms with Crippen molar-refractivity contribution in [1.29, 1.82) is 0 Å². The van der Waals surface area contributed by atoms with Crippen LogP contribution in [0.1, 0.15) is 13.8 Å². The Morgan fingerprint density at radius 3 is 2.33 bits per heavy atom. The van der Waals surface area contributed by atoms with Crippen LogP contribution in [0.3, 0.4) is 0 Å². The molecule has 0 bridgehead atoms. The summed E-state index contributed by atoms with van der Waals surface area (Å²) in [4.78, 5) is 0. The minimum atomic E-state index is -3.42. The van der Waals surface area contributed by atoms with E-state index in [0.29, 0.717) is 13.2 Å². The van der Waals surface area contributed by atoms with Gasteiger partial charge in [0, 0.05) is 5.41 Å². The van der Waals surface area contributed by atoms with Gasteiger partial charge in [0.25, 0.3) is 0 Å². The molecule has 0 unspecified atom stereocenters. The highest BCUT2D eigenvalue weighted by Gasteiger charge is 2.36. The second-order valence-corrected chi connectivity index (χ2v) is 5.59. The van der Waals surface area contributed by atoms with Gasteiger partial charge in [0.2, 0.25) is 11.5 Å². The Kier molecular flexibility index (Phi) is 2.83. The summed E-state index contributed by atoms with van der Waals surface area (Å²) in [6.07, 6.45) is 0. The molecule has 5 nitrogen and oxygen atoms in total. The summed E-state index contributed by atoms with van der Waals surface area (Å²) in [7, 11) is -3.42. The summed E-state index contributed by atoms with van der Waals surface area (Å²) in [5.74, 6) is 0. The second kappa shape index (κ2) is 3.38. The van der Waals surface area contributed by atoms with Gasteiger partial charge in [0.15, 0.2) is 0 Å². The third-order valence-electron chi connectivity index (χ3n) is 1.37. The Bertz CT molecular complexity index is 259. The zero-order chi connectivity index (χ0) is 9.24. The van der Waals surface area contributed by atoms with Crippen molar-refractivity contribution in [2.24, 2.45) is 9.55 Å². The van der Waals surface area contributed by atoms with E-state index in [2.05, 4.69) is 4.13 Å². The molecule has 70 valence electrons. The zero-order valence-electron chi connectivity index (χ0n) is 6.85. The first-order valence-corrected chi connectivity index (χ1v) is 5.58. The molecule has 0 radical (unpaired) electrons. The van der Waals surface area contributed by atoms with Gasteiger partial charge in [0.05, 0.1) is 13.2 Å². The molecule has 1 fully saturated rings. The van der Waals surface area contributed by atoms with Crippen LogP contribution in [0.2, 0.25) is 0 Å². The van der Waals surface area contributed by atoms with E-state index in [1.54, 1.807) is 0 Å². The van der Waals surface area contributed by atoms with Crippen LogP contribution in [0.4, 0.5) is 0 Å². The molecule has 7 heteroatoms. The summed E-state index contributed by atoms with van der Waals surface area (Å²) in [5, 5.41) is 0. The molecule has 1 saturated heterocycles. The van der Waals surface area contributed by atoms with Crippen LogP contribution >= 0.6 is 7.75 Å². The molecular formula is C5H10NO4PS. The van der Waals surface area contributed by atoms with E-state index in [1.165, 1.54) is 0 Å². The van der Waals surface area contributed by atoms with Crippen molar-refractivity contribution in [3.05, 3.63) is 0 Å². The van der Waals surface area contributed by atoms with Crippen molar-refractivity contribution in [2.45, 2.75) is 13.8 Å². The first-order chi connectivity index (χ1) is 5.47. The van der Waals surface area contributed by atoms with Gasteiger partial charge in [-0.3, -0.25) is 9.05 Å². The summed E-state index contributed by atoms with van der Waals surface area (Å²) in [6, 6.07) is 0. The van der Waals surface area contributed by atoms with Gasteiger partial charge in [-0.05, 0) is 0 Å². The van der Waals surface area contributed by atoms with Crippen LogP contribution in [0.15, 0.2) is 4.13 Å². The Balaban J connectivity index is 2.68. The topological polar surface area (TPSA) is 65.0 Å². The highest BCUT2D eigenvalue weighted by atomic mass is 32.1. The number of hydrogen-bond acceptors (Lipinski definition) is 4. The lowest BCUT2D eigenvalue weighted by Gasteiger charge is -2.30. The van der Waals surface area contributed by atoms with Crippen molar-refractivity contribution >= 4 is 19.2 Å². The fraction of sp³-hybridized carbons (Fsp3) is 1.00. The average Bonchev–Trinajstić information content (AvgIpc) is 1.98. The predicted molar refractivity (Wildman–Crippen MR) is 43.9 cm³/mol. The monoisotopic (exact) mass is 211 g/mol. The van der Waals surface area contributed by atoms with Crippen molar-refractivity contribution in [2.75, 3.05) is 13.2 Å². The maximum Gasteiger partial charge on any atom is 0.466 e. The van der Waals surface area contributed by atoms with E-state index < -0.39 is 7.75 Å². The van der Waals surface area contributed by atoms with Crippen LogP contribution < -0.4 is 0 Å². The Morgan fingerprint density at radius 1 is 1.42 bits per heavy atom. The molecule has 0 saturated carbocycles. The molecule has 0 amide bonds.